The van der Waals surface area contributed by atoms with E-state index >= 15 is 0 Å². The van der Waals surface area contributed by atoms with Crippen molar-refractivity contribution in [2.75, 3.05) is 6.61 Å². The molecule has 0 radical (unpaired) electrons. The number of nitrogens with one attached hydrogen (secondary N) is 1. The van der Waals surface area contributed by atoms with Gasteiger partial charge in [-0.25, -0.2) is 4.98 Å². The molecule has 0 spiro atoms. The zero-order valence-electron chi connectivity index (χ0n) is 19.7. The first-order valence-corrected chi connectivity index (χ1v) is 12.5. The fraction of sp³-hybridized carbons (Fsp3) is 0.481. The lowest BCUT2D eigenvalue weighted by Gasteiger charge is -2.20. The number of carbonyl (C=O) groups excluding carboxylic acids is 1. The fourth-order valence-electron chi connectivity index (χ4n) is 4.74. The van der Waals surface area contributed by atoms with E-state index in [9.17, 15) is 4.79 Å². The zero-order chi connectivity index (χ0) is 23.2. The van der Waals surface area contributed by atoms with Crippen LogP contribution in [0.3, 0.4) is 0 Å². The van der Waals surface area contributed by atoms with Gasteiger partial charge in [-0.05, 0) is 74.9 Å². The number of para-hydroxylation sites is 2. The van der Waals surface area contributed by atoms with Crippen LogP contribution in [0.1, 0.15) is 61.9 Å². The molecule has 6 heteroatoms. The third-order valence-electron chi connectivity index (χ3n) is 6.59. The summed E-state index contributed by atoms with van der Waals surface area (Å²) in [5, 5.41) is 3.95. The van der Waals surface area contributed by atoms with Crippen molar-refractivity contribution in [1.82, 2.24) is 14.9 Å². The standard InChI is InChI=1S/C27H34ClN3O2/c1-19-16-22(17-20(2)26(19)28)33-15-9-8-14-31-24-13-7-6-12-23(24)30-25(31)18-29-27(32)21-10-4-3-5-11-21/h6-7,12-13,16-17,21H,3-5,8-11,14-15,18H2,1-2H3,(H,29,32). The lowest BCUT2D eigenvalue weighted by atomic mass is 9.89. The smallest absolute Gasteiger partial charge is 0.223 e. The monoisotopic (exact) mass is 467 g/mol. The van der Waals surface area contributed by atoms with E-state index in [2.05, 4.69) is 16.0 Å². The van der Waals surface area contributed by atoms with E-state index in [1.165, 1.54) is 6.42 Å². The highest BCUT2D eigenvalue weighted by atomic mass is 35.5. The number of nitrogens with zero attached hydrogens (tertiary/aromatic N) is 2. The molecule has 0 bridgehead atoms. The van der Waals surface area contributed by atoms with E-state index in [1.54, 1.807) is 0 Å². The Kier molecular flexibility index (Phi) is 7.92. The molecule has 0 saturated heterocycles. The van der Waals surface area contributed by atoms with Crippen molar-refractivity contribution >= 4 is 28.5 Å². The normalized spacial score (nSPS) is 14.5. The molecule has 5 nitrogen and oxygen atoms in total. The van der Waals surface area contributed by atoms with Gasteiger partial charge in [0, 0.05) is 17.5 Å². The molecule has 0 unspecified atom stereocenters. The Morgan fingerprint density at radius 1 is 1.12 bits per heavy atom. The van der Waals surface area contributed by atoms with Crippen LogP contribution in [-0.4, -0.2) is 22.1 Å². The SMILES string of the molecule is Cc1cc(OCCCCn2c(CNC(=O)C3CCCCC3)nc3ccccc32)cc(C)c1Cl. The van der Waals surface area contributed by atoms with Gasteiger partial charge in [0.1, 0.15) is 11.6 Å². The van der Waals surface area contributed by atoms with E-state index in [1.807, 2.05) is 44.2 Å². The second-order valence-corrected chi connectivity index (χ2v) is 9.53. The lowest BCUT2D eigenvalue weighted by molar-refractivity contribution is -0.126. The van der Waals surface area contributed by atoms with Crippen LogP contribution in [0.25, 0.3) is 11.0 Å². The first-order chi connectivity index (χ1) is 16.0. The molecule has 1 aliphatic rings. The zero-order valence-corrected chi connectivity index (χ0v) is 20.5. The Morgan fingerprint density at radius 3 is 2.61 bits per heavy atom. The first kappa shape index (κ1) is 23.6. The summed E-state index contributed by atoms with van der Waals surface area (Å²) in [4.78, 5) is 17.4. The highest BCUT2D eigenvalue weighted by Crippen LogP contribution is 2.26. The molecule has 1 N–H and O–H groups in total. The Morgan fingerprint density at radius 2 is 1.85 bits per heavy atom. The lowest BCUT2D eigenvalue weighted by Crippen LogP contribution is -2.32. The van der Waals surface area contributed by atoms with Gasteiger partial charge in [0.2, 0.25) is 5.91 Å². The Labute approximate surface area is 201 Å². The number of halogens is 1. The summed E-state index contributed by atoms with van der Waals surface area (Å²) in [5.41, 5.74) is 4.17. The minimum atomic E-state index is 0.161. The highest BCUT2D eigenvalue weighted by molar-refractivity contribution is 6.32. The van der Waals surface area contributed by atoms with Crippen LogP contribution in [0.2, 0.25) is 5.02 Å². The van der Waals surface area contributed by atoms with Crippen LogP contribution >= 0.6 is 11.6 Å². The van der Waals surface area contributed by atoms with Gasteiger partial charge in [-0.15, -0.1) is 0 Å². The van der Waals surface area contributed by atoms with Gasteiger partial charge in [-0.1, -0.05) is 43.0 Å². The van der Waals surface area contributed by atoms with E-state index in [4.69, 9.17) is 21.3 Å². The molecule has 1 aliphatic carbocycles. The van der Waals surface area contributed by atoms with Crippen LogP contribution < -0.4 is 10.1 Å². The number of aromatic nitrogens is 2. The molecule has 1 heterocycles. The number of benzene rings is 2. The quantitative estimate of drug-likeness (QED) is 0.372. The Bertz CT molecular complexity index is 1080. The third kappa shape index (κ3) is 5.89. The van der Waals surface area contributed by atoms with Crippen LogP contribution in [0.4, 0.5) is 0 Å². The topological polar surface area (TPSA) is 56.1 Å². The summed E-state index contributed by atoms with van der Waals surface area (Å²) < 4.78 is 8.21. The third-order valence-corrected chi connectivity index (χ3v) is 7.18. The van der Waals surface area contributed by atoms with Gasteiger partial charge in [-0.3, -0.25) is 4.79 Å². The van der Waals surface area contributed by atoms with Crippen LogP contribution in [0, 0.1) is 19.8 Å². The van der Waals surface area contributed by atoms with Gasteiger partial charge in [0.25, 0.3) is 0 Å². The maximum atomic E-state index is 12.6. The minimum Gasteiger partial charge on any atom is -0.494 e. The van der Waals surface area contributed by atoms with E-state index in [-0.39, 0.29) is 11.8 Å². The predicted molar refractivity (Wildman–Crippen MR) is 134 cm³/mol. The van der Waals surface area contributed by atoms with Crippen molar-refractivity contribution in [1.29, 1.82) is 0 Å². The van der Waals surface area contributed by atoms with Crippen LogP contribution in [0.5, 0.6) is 5.75 Å². The molecule has 1 fully saturated rings. The van der Waals surface area contributed by atoms with Gasteiger partial charge in [0.15, 0.2) is 0 Å². The van der Waals surface area contributed by atoms with E-state index in [0.29, 0.717) is 13.2 Å². The predicted octanol–water partition coefficient (Wildman–Crippen LogP) is 6.36. The molecule has 0 atom stereocenters. The van der Waals surface area contributed by atoms with Crippen LogP contribution in [-0.2, 0) is 17.9 Å². The van der Waals surface area contributed by atoms with Crippen molar-refractivity contribution in [2.24, 2.45) is 5.92 Å². The number of imidazole rings is 1. The number of amides is 1. The maximum absolute atomic E-state index is 12.6. The van der Waals surface area contributed by atoms with Crippen molar-refractivity contribution in [3.05, 3.63) is 58.4 Å². The number of hydrogen-bond acceptors (Lipinski definition) is 3. The molecule has 0 aliphatic heterocycles. The number of carbonyl (C=O) groups is 1. The summed E-state index contributed by atoms with van der Waals surface area (Å²) in [7, 11) is 0. The average molecular weight is 468 g/mol. The van der Waals surface area contributed by atoms with Crippen LogP contribution in [0.15, 0.2) is 36.4 Å². The maximum Gasteiger partial charge on any atom is 0.223 e. The number of unbranched alkanes of at least 4 members (excludes halogenated alkanes) is 1. The van der Waals surface area contributed by atoms with Crippen molar-refractivity contribution in [3.63, 3.8) is 0 Å². The molecular formula is C27H34ClN3O2. The second kappa shape index (κ2) is 11.1. The molecule has 176 valence electrons. The van der Waals surface area contributed by atoms with Gasteiger partial charge in [-0.2, -0.15) is 0 Å². The first-order valence-electron chi connectivity index (χ1n) is 12.1. The highest BCUT2D eigenvalue weighted by Gasteiger charge is 2.21. The van der Waals surface area contributed by atoms with Crippen molar-refractivity contribution in [3.8, 4) is 5.75 Å². The molecular weight excluding hydrogens is 434 g/mol. The van der Waals surface area contributed by atoms with E-state index < -0.39 is 0 Å². The fourth-order valence-corrected chi connectivity index (χ4v) is 4.85. The second-order valence-electron chi connectivity index (χ2n) is 9.15. The molecule has 33 heavy (non-hydrogen) atoms. The number of hydrogen-bond donors (Lipinski definition) is 1. The van der Waals surface area contributed by atoms with Gasteiger partial charge < -0.3 is 14.6 Å². The molecule has 1 saturated carbocycles. The number of ether oxygens (including phenoxy) is 1. The number of aryl methyl sites for hydroxylation is 3. The Balaban J connectivity index is 1.34. The van der Waals surface area contributed by atoms with Gasteiger partial charge >= 0.3 is 0 Å². The number of fused-ring (bicyclic) bond motifs is 1. The Hall–Kier alpha value is -2.53. The summed E-state index contributed by atoms with van der Waals surface area (Å²) in [6, 6.07) is 12.2. The average Bonchev–Trinajstić information content (AvgIpc) is 3.18. The summed E-state index contributed by atoms with van der Waals surface area (Å²) in [6.45, 7) is 5.98. The summed E-state index contributed by atoms with van der Waals surface area (Å²) in [6.07, 6.45) is 7.49. The molecule has 2 aromatic carbocycles. The molecule has 1 aromatic heterocycles. The van der Waals surface area contributed by atoms with Crippen molar-refractivity contribution in [2.45, 2.75) is 71.9 Å². The minimum absolute atomic E-state index is 0.161. The van der Waals surface area contributed by atoms with Gasteiger partial charge in [0.05, 0.1) is 24.2 Å². The number of rotatable bonds is 9. The van der Waals surface area contributed by atoms with Crippen molar-refractivity contribution < 1.29 is 9.53 Å². The molecule has 1 amide bonds. The molecule has 4 rings (SSSR count). The largest absolute Gasteiger partial charge is 0.494 e. The summed E-state index contributed by atoms with van der Waals surface area (Å²) in [5.74, 6) is 2.13. The van der Waals surface area contributed by atoms with E-state index in [0.717, 1.165) is 83.8 Å². The molecule has 3 aromatic rings. The summed E-state index contributed by atoms with van der Waals surface area (Å²) >= 11 is 6.25.